The summed E-state index contributed by atoms with van der Waals surface area (Å²) in [4.78, 5) is 14.1. The second-order valence-electron chi connectivity index (χ2n) is 5.75. The van der Waals surface area contributed by atoms with Crippen LogP contribution in [-0.4, -0.2) is 41.6 Å². The number of nitrogens with two attached hydrogens (primary N) is 1. The number of hydrogen-bond acceptors (Lipinski definition) is 5. The van der Waals surface area contributed by atoms with Gasteiger partial charge in [-0.1, -0.05) is 35.5 Å². The van der Waals surface area contributed by atoms with Crippen molar-refractivity contribution in [3.63, 3.8) is 0 Å². The number of nitrogens with one attached hydrogen (secondary N) is 1. The maximum absolute atomic E-state index is 12.1. The molecule has 1 aliphatic rings. The zero-order valence-electron chi connectivity index (χ0n) is 12.9. The average Bonchev–Trinajstić information content (AvgIpc) is 3.05. The maximum Gasteiger partial charge on any atom is 0.239 e. The number of aromatic nitrogens is 1. The predicted molar refractivity (Wildman–Crippen MR) is 90.7 cm³/mol. The quantitative estimate of drug-likeness (QED) is 0.889. The Kier molecular flexibility index (Phi) is 5.76. The lowest BCUT2D eigenvalue weighted by atomic mass is 9.95. The molecule has 3 N–H and O–H groups in total. The minimum atomic E-state index is -0.103. The minimum absolute atomic E-state index is 0. The SMILES string of the molecule is Cc1cc(NC(=O)CN2C[C@@H](N)[C@H](c3ccccc3)C2)no1.Cl. The van der Waals surface area contributed by atoms with E-state index in [0.717, 1.165) is 6.54 Å². The summed E-state index contributed by atoms with van der Waals surface area (Å²) < 4.78 is 4.93. The van der Waals surface area contributed by atoms with Gasteiger partial charge in [-0.05, 0) is 12.5 Å². The first-order valence-corrected chi connectivity index (χ1v) is 7.38. The predicted octanol–water partition coefficient (Wildman–Crippen LogP) is 1.77. The number of aryl methyl sites for hydroxylation is 1. The molecule has 0 saturated carbocycles. The van der Waals surface area contributed by atoms with Gasteiger partial charge < -0.3 is 15.6 Å². The van der Waals surface area contributed by atoms with Crippen LogP contribution in [0, 0.1) is 6.92 Å². The summed E-state index contributed by atoms with van der Waals surface area (Å²) in [5.74, 6) is 1.28. The largest absolute Gasteiger partial charge is 0.360 e. The van der Waals surface area contributed by atoms with Crippen LogP contribution in [-0.2, 0) is 4.79 Å². The summed E-state index contributed by atoms with van der Waals surface area (Å²) in [6.07, 6.45) is 0. The Hall–Kier alpha value is -1.89. The van der Waals surface area contributed by atoms with Crippen molar-refractivity contribution >= 4 is 24.1 Å². The Morgan fingerprint density at radius 2 is 2.13 bits per heavy atom. The number of anilines is 1. The van der Waals surface area contributed by atoms with E-state index in [4.69, 9.17) is 10.3 Å². The van der Waals surface area contributed by atoms with Gasteiger partial charge in [0, 0.05) is 31.1 Å². The highest BCUT2D eigenvalue weighted by atomic mass is 35.5. The zero-order valence-corrected chi connectivity index (χ0v) is 13.8. The normalized spacial score (nSPS) is 21.0. The molecular formula is C16H21ClN4O2. The molecule has 124 valence electrons. The van der Waals surface area contributed by atoms with Crippen LogP contribution in [0.1, 0.15) is 17.2 Å². The van der Waals surface area contributed by atoms with Crippen LogP contribution >= 0.6 is 12.4 Å². The van der Waals surface area contributed by atoms with Gasteiger partial charge in [0.1, 0.15) is 5.76 Å². The molecule has 2 aromatic rings. The Morgan fingerprint density at radius 1 is 1.39 bits per heavy atom. The van der Waals surface area contributed by atoms with Gasteiger partial charge in [0.05, 0.1) is 6.54 Å². The van der Waals surface area contributed by atoms with Gasteiger partial charge in [-0.15, -0.1) is 12.4 Å². The third kappa shape index (κ3) is 4.31. The van der Waals surface area contributed by atoms with Crippen molar-refractivity contribution < 1.29 is 9.32 Å². The molecule has 0 bridgehead atoms. The molecule has 2 atom stereocenters. The molecule has 0 spiro atoms. The fraction of sp³-hybridized carbons (Fsp3) is 0.375. The van der Waals surface area contributed by atoms with Crippen LogP contribution in [0.5, 0.6) is 0 Å². The van der Waals surface area contributed by atoms with Gasteiger partial charge in [0.25, 0.3) is 0 Å². The molecular weight excluding hydrogens is 316 g/mol. The summed E-state index contributed by atoms with van der Waals surface area (Å²) in [6, 6.07) is 12.0. The van der Waals surface area contributed by atoms with Gasteiger partial charge >= 0.3 is 0 Å². The van der Waals surface area contributed by atoms with Crippen LogP contribution < -0.4 is 11.1 Å². The van der Waals surface area contributed by atoms with E-state index in [1.54, 1.807) is 13.0 Å². The van der Waals surface area contributed by atoms with E-state index in [2.05, 4.69) is 27.5 Å². The molecule has 0 radical (unpaired) electrons. The van der Waals surface area contributed by atoms with Gasteiger partial charge in [0.15, 0.2) is 5.82 Å². The average molecular weight is 337 g/mol. The van der Waals surface area contributed by atoms with Gasteiger partial charge in [-0.3, -0.25) is 9.69 Å². The zero-order chi connectivity index (χ0) is 15.5. The van der Waals surface area contributed by atoms with Crippen LogP contribution in [0.15, 0.2) is 40.9 Å². The Labute approximate surface area is 141 Å². The Balaban J connectivity index is 0.00000192. The molecule has 2 heterocycles. The van der Waals surface area contributed by atoms with Crippen molar-refractivity contribution in [1.29, 1.82) is 0 Å². The fourth-order valence-corrected chi connectivity index (χ4v) is 2.91. The van der Waals surface area contributed by atoms with Gasteiger partial charge in [-0.25, -0.2) is 0 Å². The van der Waals surface area contributed by atoms with E-state index in [0.29, 0.717) is 24.7 Å². The number of rotatable bonds is 4. The summed E-state index contributed by atoms with van der Waals surface area (Å²) in [7, 11) is 0. The molecule has 23 heavy (non-hydrogen) atoms. The van der Waals surface area contributed by atoms with E-state index in [1.807, 2.05) is 18.2 Å². The Morgan fingerprint density at radius 3 is 2.78 bits per heavy atom. The molecule has 0 aliphatic carbocycles. The number of carbonyl (C=O) groups excluding carboxylic acids is 1. The molecule has 3 rings (SSSR count). The summed E-state index contributed by atoms with van der Waals surface area (Å²) in [5.41, 5.74) is 7.46. The van der Waals surface area contributed by atoms with Crippen molar-refractivity contribution in [2.45, 2.75) is 18.9 Å². The molecule has 1 aliphatic heterocycles. The molecule has 1 aromatic heterocycles. The highest BCUT2D eigenvalue weighted by Crippen LogP contribution is 2.26. The second-order valence-corrected chi connectivity index (χ2v) is 5.75. The number of halogens is 1. The molecule has 0 unspecified atom stereocenters. The molecule has 1 fully saturated rings. The first kappa shape index (κ1) is 17.5. The minimum Gasteiger partial charge on any atom is -0.360 e. The van der Waals surface area contributed by atoms with Crippen LogP contribution in [0.3, 0.4) is 0 Å². The fourth-order valence-electron chi connectivity index (χ4n) is 2.91. The molecule has 1 aromatic carbocycles. The van der Waals surface area contributed by atoms with Gasteiger partial charge in [0.2, 0.25) is 5.91 Å². The maximum atomic E-state index is 12.1. The first-order valence-electron chi connectivity index (χ1n) is 7.38. The molecule has 7 heteroatoms. The third-order valence-electron chi connectivity index (χ3n) is 3.93. The lowest BCUT2D eigenvalue weighted by Gasteiger charge is -2.15. The lowest BCUT2D eigenvalue weighted by molar-refractivity contribution is -0.117. The lowest BCUT2D eigenvalue weighted by Crippen LogP contribution is -2.33. The van der Waals surface area contributed by atoms with Crippen molar-refractivity contribution in [2.24, 2.45) is 5.73 Å². The molecule has 6 nitrogen and oxygen atoms in total. The summed E-state index contributed by atoms with van der Waals surface area (Å²) in [6.45, 7) is 3.59. The number of hydrogen-bond donors (Lipinski definition) is 2. The Bertz CT molecular complexity index is 647. The second kappa shape index (κ2) is 7.59. The van der Waals surface area contributed by atoms with E-state index in [-0.39, 0.29) is 30.3 Å². The van der Waals surface area contributed by atoms with Crippen molar-refractivity contribution in [1.82, 2.24) is 10.1 Å². The third-order valence-corrected chi connectivity index (χ3v) is 3.93. The highest BCUT2D eigenvalue weighted by molar-refractivity contribution is 5.91. The van der Waals surface area contributed by atoms with E-state index >= 15 is 0 Å². The van der Waals surface area contributed by atoms with Crippen LogP contribution in [0.25, 0.3) is 0 Å². The van der Waals surface area contributed by atoms with E-state index in [1.165, 1.54) is 5.56 Å². The number of carbonyl (C=O) groups is 1. The van der Waals surface area contributed by atoms with Crippen molar-refractivity contribution in [3.8, 4) is 0 Å². The van der Waals surface area contributed by atoms with E-state index < -0.39 is 0 Å². The highest BCUT2D eigenvalue weighted by Gasteiger charge is 2.32. The standard InChI is InChI=1S/C16H20N4O2.ClH/c1-11-7-15(19-22-11)18-16(21)10-20-8-13(14(17)9-20)12-5-3-2-4-6-12;/h2-7,13-14H,8-10,17H2,1H3,(H,18,19,21);1H/t13-,14+;/m0./s1. The van der Waals surface area contributed by atoms with Crippen molar-refractivity contribution in [2.75, 3.05) is 25.0 Å². The topological polar surface area (TPSA) is 84.4 Å². The number of likely N-dealkylation sites (tertiary alicyclic amines) is 1. The summed E-state index contributed by atoms with van der Waals surface area (Å²) >= 11 is 0. The summed E-state index contributed by atoms with van der Waals surface area (Å²) in [5, 5.41) is 6.49. The first-order chi connectivity index (χ1) is 10.6. The molecule has 1 amide bonds. The van der Waals surface area contributed by atoms with Crippen LogP contribution in [0.2, 0.25) is 0 Å². The number of amides is 1. The van der Waals surface area contributed by atoms with Gasteiger partial charge in [-0.2, -0.15) is 0 Å². The monoisotopic (exact) mass is 336 g/mol. The number of nitrogens with zero attached hydrogens (tertiary/aromatic N) is 2. The molecule has 1 saturated heterocycles. The van der Waals surface area contributed by atoms with E-state index in [9.17, 15) is 4.79 Å². The van der Waals surface area contributed by atoms with Crippen LogP contribution in [0.4, 0.5) is 5.82 Å². The van der Waals surface area contributed by atoms with Crippen molar-refractivity contribution in [3.05, 3.63) is 47.7 Å². The number of benzene rings is 1. The smallest absolute Gasteiger partial charge is 0.239 e.